The van der Waals surface area contributed by atoms with Gasteiger partial charge in [-0.3, -0.25) is 4.39 Å². The van der Waals surface area contributed by atoms with Gasteiger partial charge in [0, 0.05) is 6.42 Å². The summed E-state index contributed by atoms with van der Waals surface area (Å²) in [5.74, 6) is 0. The van der Waals surface area contributed by atoms with Crippen LogP contribution < -0.4 is 11.1 Å². The third-order valence-corrected chi connectivity index (χ3v) is 2.36. The number of halogens is 1. The first-order chi connectivity index (χ1) is 7.10. The van der Waals surface area contributed by atoms with E-state index in [1.165, 1.54) is 0 Å². The molecule has 0 radical (unpaired) electrons. The van der Waals surface area contributed by atoms with Crippen molar-refractivity contribution in [1.82, 2.24) is 5.32 Å². The topological polar surface area (TPSA) is 72.2 Å². The minimum absolute atomic E-state index is 0.0108. The summed E-state index contributed by atoms with van der Waals surface area (Å²) in [6.45, 7) is 1.38. The minimum atomic E-state index is -1.12. The SMILES string of the molecule is CCCCCC(C=O)(CCF)NC(N)=O. The summed E-state index contributed by atoms with van der Waals surface area (Å²) in [6, 6.07) is -0.785. The van der Waals surface area contributed by atoms with Gasteiger partial charge in [-0.25, -0.2) is 4.79 Å². The van der Waals surface area contributed by atoms with Crippen LogP contribution in [-0.2, 0) is 4.79 Å². The van der Waals surface area contributed by atoms with E-state index in [0.29, 0.717) is 12.7 Å². The number of primary amides is 1. The lowest BCUT2D eigenvalue weighted by Crippen LogP contribution is -2.52. The highest BCUT2D eigenvalue weighted by Gasteiger charge is 2.29. The van der Waals surface area contributed by atoms with E-state index in [-0.39, 0.29) is 6.42 Å². The van der Waals surface area contributed by atoms with Gasteiger partial charge in [0.2, 0.25) is 0 Å². The second kappa shape index (κ2) is 7.20. The molecule has 0 aromatic heterocycles. The number of aldehydes is 1. The normalized spacial score (nSPS) is 14.3. The lowest BCUT2D eigenvalue weighted by Gasteiger charge is -2.27. The Balaban J connectivity index is 4.35. The third-order valence-electron chi connectivity index (χ3n) is 2.36. The maximum Gasteiger partial charge on any atom is 0.312 e. The molecule has 0 bridgehead atoms. The van der Waals surface area contributed by atoms with Crippen LogP contribution in [0.3, 0.4) is 0 Å². The highest BCUT2D eigenvalue weighted by molar-refractivity contribution is 5.79. The Labute approximate surface area is 89.4 Å². The first-order valence-electron chi connectivity index (χ1n) is 5.20. The van der Waals surface area contributed by atoms with Gasteiger partial charge in [0.05, 0.1) is 12.2 Å². The van der Waals surface area contributed by atoms with E-state index in [1.54, 1.807) is 0 Å². The lowest BCUT2D eigenvalue weighted by molar-refractivity contribution is -0.113. The van der Waals surface area contributed by atoms with Crippen molar-refractivity contribution in [3.8, 4) is 0 Å². The molecule has 0 aliphatic rings. The maximum atomic E-state index is 12.3. The smallest absolute Gasteiger partial charge is 0.312 e. The van der Waals surface area contributed by atoms with Crippen LogP contribution in [0.1, 0.15) is 39.0 Å². The number of hydrogen-bond donors (Lipinski definition) is 2. The van der Waals surface area contributed by atoms with Crippen LogP contribution in [0.15, 0.2) is 0 Å². The molecule has 1 unspecified atom stereocenters. The summed E-state index contributed by atoms with van der Waals surface area (Å²) in [5, 5.41) is 2.33. The summed E-state index contributed by atoms with van der Waals surface area (Å²) < 4.78 is 12.3. The predicted molar refractivity (Wildman–Crippen MR) is 56.2 cm³/mol. The second-order valence-corrected chi connectivity index (χ2v) is 3.66. The molecule has 88 valence electrons. The van der Waals surface area contributed by atoms with Gasteiger partial charge in [-0.15, -0.1) is 0 Å². The van der Waals surface area contributed by atoms with Crippen molar-refractivity contribution in [2.45, 2.75) is 44.6 Å². The van der Waals surface area contributed by atoms with Crippen molar-refractivity contribution in [2.24, 2.45) is 5.73 Å². The molecule has 0 saturated heterocycles. The summed E-state index contributed by atoms with van der Waals surface area (Å²) in [5.41, 5.74) is 3.84. The van der Waals surface area contributed by atoms with Crippen LogP contribution in [0.4, 0.5) is 9.18 Å². The Kier molecular flexibility index (Phi) is 6.66. The number of urea groups is 1. The average Bonchev–Trinajstić information content (AvgIpc) is 2.17. The fourth-order valence-corrected chi connectivity index (χ4v) is 1.50. The zero-order valence-corrected chi connectivity index (χ0v) is 9.09. The van der Waals surface area contributed by atoms with Crippen LogP contribution in [0.2, 0.25) is 0 Å². The standard InChI is InChI=1S/C10H19FN2O2/c1-2-3-4-5-10(8-14,6-7-11)13-9(12)15/h8H,2-7H2,1H3,(H3,12,13,15). The van der Waals surface area contributed by atoms with Crippen LogP contribution in [-0.4, -0.2) is 24.5 Å². The molecule has 4 nitrogen and oxygen atoms in total. The molecule has 1 atom stereocenters. The van der Waals surface area contributed by atoms with Gasteiger partial charge in [0.25, 0.3) is 0 Å². The van der Waals surface area contributed by atoms with E-state index in [1.807, 2.05) is 6.92 Å². The largest absolute Gasteiger partial charge is 0.352 e. The van der Waals surface area contributed by atoms with Crippen LogP contribution in [0, 0.1) is 0 Å². The molecular formula is C10H19FN2O2. The minimum Gasteiger partial charge on any atom is -0.352 e. The van der Waals surface area contributed by atoms with Gasteiger partial charge in [0.1, 0.15) is 6.29 Å². The van der Waals surface area contributed by atoms with Gasteiger partial charge >= 0.3 is 6.03 Å². The van der Waals surface area contributed by atoms with Gasteiger partial charge in [-0.2, -0.15) is 0 Å². The highest BCUT2D eigenvalue weighted by atomic mass is 19.1. The van der Waals surface area contributed by atoms with Crippen molar-refractivity contribution in [2.75, 3.05) is 6.67 Å². The quantitative estimate of drug-likeness (QED) is 0.479. The first-order valence-corrected chi connectivity index (χ1v) is 5.20. The van der Waals surface area contributed by atoms with Crippen molar-refractivity contribution < 1.29 is 14.0 Å². The van der Waals surface area contributed by atoms with E-state index >= 15 is 0 Å². The number of hydrogen-bond acceptors (Lipinski definition) is 2. The molecule has 0 rings (SSSR count). The Morgan fingerprint density at radius 1 is 1.47 bits per heavy atom. The number of unbranched alkanes of at least 4 members (excludes halogenated alkanes) is 2. The third kappa shape index (κ3) is 5.34. The fraction of sp³-hybridized carbons (Fsp3) is 0.800. The first kappa shape index (κ1) is 13.9. The zero-order valence-electron chi connectivity index (χ0n) is 9.09. The zero-order chi connectivity index (χ0) is 11.7. The number of alkyl halides is 1. The molecule has 0 heterocycles. The summed E-state index contributed by atoms with van der Waals surface area (Å²) >= 11 is 0. The van der Waals surface area contributed by atoms with Crippen molar-refractivity contribution in [1.29, 1.82) is 0 Å². The lowest BCUT2D eigenvalue weighted by atomic mass is 9.91. The molecule has 0 aromatic carbocycles. The molecule has 0 spiro atoms. The molecule has 0 fully saturated rings. The van der Waals surface area contributed by atoms with Gasteiger partial charge < -0.3 is 15.8 Å². The van der Waals surface area contributed by atoms with Crippen LogP contribution in [0.25, 0.3) is 0 Å². The van der Waals surface area contributed by atoms with Gasteiger partial charge in [0.15, 0.2) is 0 Å². The van der Waals surface area contributed by atoms with E-state index in [4.69, 9.17) is 5.73 Å². The van der Waals surface area contributed by atoms with E-state index in [2.05, 4.69) is 5.32 Å². The highest BCUT2D eigenvalue weighted by Crippen LogP contribution is 2.17. The van der Waals surface area contributed by atoms with E-state index < -0.39 is 18.2 Å². The number of amides is 2. The van der Waals surface area contributed by atoms with Crippen LogP contribution in [0.5, 0.6) is 0 Å². The summed E-state index contributed by atoms with van der Waals surface area (Å²) in [4.78, 5) is 21.6. The van der Waals surface area contributed by atoms with Crippen molar-refractivity contribution in [3.63, 3.8) is 0 Å². The summed E-state index contributed by atoms with van der Waals surface area (Å²) in [7, 11) is 0. The number of carbonyl (C=O) groups excluding carboxylic acids is 2. The Hall–Kier alpha value is -1.13. The molecule has 15 heavy (non-hydrogen) atoms. The molecule has 0 saturated carbocycles. The molecule has 3 N–H and O–H groups in total. The monoisotopic (exact) mass is 218 g/mol. The fourth-order valence-electron chi connectivity index (χ4n) is 1.50. The van der Waals surface area contributed by atoms with Crippen molar-refractivity contribution >= 4 is 12.3 Å². The van der Waals surface area contributed by atoms with E-state index in [9.17, 15) is 14.0 Å². The predicted octanol–water partition coefficient (Wildman–Crippen LogP) is 1.53. The molecule has 2 amide bonds. The van der Waals surface area contributed by atoms with Gasteiger partial charge in [-0.05, 0) is 6.42 Å². The number of nitrogens with two attached hydrogens (primary N) is 1. The van der Waals surface area contributed by atoms with Gasteiger partial charge in [-0.1, -0.05) is 26.2 Å². The van der Waals surface area contributed by atoms with E-state index in [0.717, 1.165) is 19.3 Å². The Morgan fingerprint density at radius 3 is 2.53 bits per heavy atom. The Bertz CT molecular complexity index is 212. The average molecular weight is 218 g/mol. The van der Waals surface area contributed by atoms with Crippen molar-refractivity contribution in [3.05, 3.63) is 0 Å². The number of rotatable bonds is 8. The molecule has 0 aliphatic carbocycles. The second-order valence-electron chi connectivity index (χ2n) is 3.66. The number of nitrogens with one attached hydrogen (secondary N) is 1. The maximum absolute atomic E-state index is 12.3. The van der Waals surface area contributed by atoms with Crippen LogP contribution >= 0.6 is 0 Å². The number of carbonyl (C=O) groups is 2. The molecular weight excluding hydrogens is 199 g/mol. The Morgan fingerprint density at radius 2 is 2.13 bits per heavy atom. The summed E-state index contributed by atoms with van der Waals surface area (Å²) in [6.07, 6.45) is 3.74. The molecule has 0 aliphatic heterocycles. The molecule has 5 heteroatoms. The molecule has 0 aromatic rings.